The van der Waals surface area contributed by atoms with Gasteiger partial charge in [0.25, 0.3) is 0 Å². The highest BCUT2D eigenvalue weighted by molar-refractivity contribution is 7.92. The van der Waals surface area contributed by atoms with Crippen LogP contribution in [0.15, 0.2) is 24.5 Å². The molecule has 0 atom stereocenters. The number of hydrogen-bond donors (Lipinski definition) is 1. The van der Waals surface area contributed by atoms with Crippen molar-refractivity contribution in [3.63, 3.8) is 0 Å². The third-order valence-electron chi connectivity index (χ3n) is 2.69. The number of nitrogens with two attached hydrogens (primary N) is 1. The fraction of sp³-hybridized carbons (Fsp3) is 0.333. The summed E-state index contributed by atoms with van der Waals surface area (Å²) in [4.78, 5) is 8.38. The van der Waals surface area contributed by atoms with Crippen LogP contribution in [0.25, 0.3) is 11.0 Å². The van der Waals surface area contributed by atoms with Gasteiger partial charge in [0.15, 0.2) is 0 Å². The molecular weight excluding hydrogens is 264 g/mol. The molecule has 0 saturated heterocycles. The summed E-state index contributed by atoms with van der Waals surface area (Å²) in [7, 11) is -3.45. The largest absolute Gasteiger partial charge is 0.397 e. The van der Waals surface area contributed by atoms with Crippen molar-refractivity contribution in [2.45, 2.75) is 19.9 Å². The molecular formula is C12H16N4O2S. The summed E-state index contributed by atoms with van der Waals surface area (Å²) in [5.41, 5.74) is 7.81. The maximum absolute atomic E-state index is 12.0. The van der Waals surface area contributed by atoms with Crippen LogP contribution in [0.1, 0.15) is 13.8 Å². The molecule has 1 aromatic heterocycles. The molecule has 2 N–H and O–H groups in total. The number of nitrogen functional groups attached to an aromatic ring is 1. The van der Waals surface area contributed by atoms with Crippen LogP contribution in [-0.2, 0) is 10.0 Å². The van der Waals surface area contributed by atoms with Crippen molar-refractivity contribution in [3.05, 3.63) is 24.5 Å². The fourth-order valence-electron chi connectivity index (χ4n) is 2.08. The lowest BCUT2D eigenvalue weighted by Gasteiger charge is -2.28. The van der Waals surface area contributed by atoms with E-state index in [2.05, 4.69) is 9.97 Å². The first-order valence-corrected chi connectivity index (χ1v) is 7.66. The van der Waals surface area contributed by atoms with E-state index in [0.29, 0.717) is 22.4 Å². The smallest absolute Gasteiger partial charge is 0.232 e. The zero-order chi connectivity index (χ0) is 14.2. The van der Waals surface area contributed by atoms with Crippen LogP contribution in [0.5, 0.6) is 0 Å². The predicted octanol–water partition coefficient (Wildman–Crippen LogP) is 1.39. The Morgan fingerprint density at radius 1 is 1.21 bits per heavy atom. The molecule has 0 radical (unpaired) electrons. The number of fused-ring (bicyclic) bond motifs is 1. The van der Waals surface area contributed by atoms with Crippen molar-refractivity contribution in [1.29, 1.82) is 0 Å². The summed E-state index contributed by atoms with van der Waals surface area (Å²) in [6, 6.07) is 3.11. The van der Waals surface area contributed by atoms with Crippen LogP contribution in [0.2, 0.25) is 0 Å². The Balaban J connectivity index is 2.83. The Kier molecular flexibility index (Phi) is 3.32. The number of nitrogens with zero attached hydrogens (tertiary/aromatic N) is 3. The molecule has 1 heterocycles. The molecule has 2 aromatic rings. The first-order chi connectivity index (χ1) is 8.82. The molecule has 1 aromatic carbocycles. The van der Waals surface area contributed by atoms with Gasteiger partial charge in [-0.3, -0.25) is 14.3 Å². The van der Waals surface area contributed by atoms with Gasteiger partial charge in [-0.05, 0) is 26.0 Å². The van der Waals surface area contributed by atoms with E-state index < -0.39 is 10.0 Å². The average molecular weight is 280 g/mol. The van der Waals surface area contributed by atoms with E-state index in [9.17, 15) is 8.42 Å². The Morgan fingerprint density at radius 2 is 1.84 bits per heavy atom. The number of sulfonamides is 1. The van der Waals surface area contributed by atoms with E-state index in [1.54, 1.807) is 32.2 Å². The molecule has 0 aliphatic heterocycles. The van der Waals surface area contributed by atoms with Gasteiger partial charge in [-0.25, -0.2) is 8.42 Å². The molecule has 0 unspecified atom stereocenters. The highest BCUT2D eigenvalue weighted by Crippen LogP contribution is 2.33. The van der Waals surface area contributed by atoms with Crippen molar-refractivity contribution in [2.75, 3.05) is 16.3 Å². The molecule has 0 amide bonds. The summed E-state index contributed by atoms with van der Waals surface area (Å²) in [6.07, 6.45) is 4.23. The van der Waals surface area contributed by atoms with Crippen LogP contribution in [0.3, 0.4) is 0 Å². The first-order valence-electron chi connectivity index (χ1n) is 5.81. The summed E-state index contributed by atoms with van der Waals surface area (Å²) < 4.78 is 25.3. The Morgan fingerprint density at radius 3 is 2.42 bits per heavy atom. The Bertz CT molecular complexity index is 713. The van der Waals surface area contributed by atoms with Gasteiger partial charge in [-0.15, -0.1) is 0 Å². The Hall–Kier alpha value is -1.89. The molecule has 7 heteroatoms. The second kappa shape index (κ2) is 4.65. The zero-order valence-corrected chi connectivity index (χ0v) is 11.8. The zero-order valence-electron chi connectivity index (χ0n) is 11.0. The number of hydrogen-bond acceptors (Lipinski definition) is 5. The molecule has 0 aliphatic carbocycles. The highest BCUT2D eigenvalue weighted by atomic mass is 32.2. The van der Waals surface area contributed by atoms with Crippen LogP contribution in [0, 0.1) is 0 Å². The van der Waals surface area contributed by atoms with Crippen molar-refractivity contribution in [2.24, 2.45) is 0 Å². The standard InChI is InChI=1S/C12H16N4O2S/c1-8(2)16(19(3,17)18)12-9(13)4-5-10-11(12)15-7-6-14-10/h4-8H,13H2,1-3H3. The van der Waals surface area contributed by atoms with E-state index >= 15 is 0 Å². The van der Waals surface area contributed by atoms with E-state index in [-0.39, 0.29) is 6.04 Å². The third kappa shape index (κ3) is 2.46. The van der Waals surface area contributed by atoms with Gasteiger partial charge in [0.1, 0.15) is 11.2 Å². The van der Waals surface area contributed by atoms with E-state index in [4.69, 9.17) is 5.73 Å². The number of aromatic nitrogens is 2. The van der Waals surface area contributed by atoms with Gasteiger partial charge in [0.05, 0.1) is 17.5 Å². The molecule has 6 nitrogen and oxygen atoms in total. The quantitative estimate of drug-likeness (QED) is 0.858. The normalized spacial score (nSPS) is 12.0. The molecule has 0 fully saturated rings. The lowest BCUT2D eigenvalue weighted by Crippen LogP contribution is -2.36. The summed E-state index contributed by atoms with van der Waals surface area (Å²) in [5, 5.41) is 0. The monoisotopic (exact) mass is 280 g/mol. The highest BCUT2D eigenvalue weighted by Gasteiger charge is 2.25. The van der Waals surface area contributed by atoms with E-state index in [1.807, 2.05) is 0 Å². The third-order valence-corrected chi connectivity index (χ3v) is 4.01. The molecule has 0 aliphatic rings. The van der Waals surface area contributed by atoms with Gasteiger partial charge >= 0.3 is 0 Å². The minimum absolute atomic E-state index is 0.259. The average Bonchev–Trinajstić information content (AvgIpc) is 2.30. The lowest BCUT2D eigenvalue weighted by molar-refractivity contribution is 0.590. The van der Waals surface area contributed by atoms with E-state index in [1.165, 1.54) is 10.5 Å². The molecule has 0 spiro atoms. The van der Waals surface area contributed by atoms with Crippen LogP contribution >= 0.6 is 0 Å². The molecule has 2 rings (SSSR count). The van der Waals surface area contributed by atoms with Crippen molar-refractivity contribution >= 4 is 32.4 Å². The summed E-state index contributed by atoms with van der Waals surface area (Å²) >= 11 is 0. The topological polar surface area (TPSA) is 89.2 Å². The van der Waals surface area contributed by atoms with Gasteiger partial charge in [0.2, 0.25) is 10.0 Å². The maximum atomic E-state index is 12.0. The summed E-state index contributed by atoms with van der Waals surface area (Å²) in [5.74, 6) is 0. The van der Waals surface area contributed by atoms with Crippen molar-refractivity contribution in [3.8, 4) is 0 Å². The molecule has 0 bridgehead atoms. The first kappa shape index (κ1) is 13.5. The van der Waals surface area contributed by atoms with Crippen LogP contribution < -0.4 is 10.0 Å². The van der Waals surface area contributed by atoms with Gasteiger partial charge in [-0.1, -0.05) is 0 Å². The van der Waals surface area contributed by atoms with Crippen LogP contribution in [0.4, 0.5) is 11.4 Å². The van der Waals surface area contributed by atoms with Crippen molar-refractivity contribution in [1.82, 2.24) is 9.97 Å². The molecule has 0 saturated carbocycles. The minimum Gasteiger partial charge on any atom is -0.397 e. The van der Waals surface area contributed by atoms with Gasteiger partial charge < -0.3 is 5.73 Å². The molecule has 102 valence electrons. The van der Waals surface area contributed by atoms with Crippen LogP contribution in [-0.4, -0.2) is 30.7 Å². The van der Waals surface area contributed by atoms with Gasteiger partial charge in [-0.2, -0.15) is 0 Å². The maximum Gasteiger partial charge on any atom is 0.232 e. The predicted molar refractivity (Wildman–Crippen MR) is 76.4 cm³/mol. The van der Waals surface area contributed by atoms with Gasteiger partial charge in [0, 0.05) is 18.4 Å². The minimum atomic E-state index is -3.45. The lowest BCUT2D eigenvalue weighted by atomic mass is 10.2. The molecule has 19 heavy (non-hydrogen) atoms. The second-order valence-corrected chi connectivity index (χ2v) is 6.44. The number of rotatable bonds is 3. The fourth-order valence-corrected chi connectivity index (χ4v) is 3.37. The number of benzene rings is 1. The summed E-state index contributed by atoms with van der Waals surface area (Å²) in [6.45, 7) is 3.57. The SMILES string of the molecule is CC(C)N(c1c(N)ccc2nccnc12)S(C)(=O)=O. The van der Waals surface area contributed by atoms with Crippen molar-refractivity contribution < 1.29 is 8.42 Å². The van der Waals surface area contributed by atoms with E-state index in [0.717, 1.165) is 6.26 Å². The number of anilines is 2. The Labute approximate surface area is 112 Å². The second-order valence-electron chi connectivity index (χ2n) is 4.58.